The largest absolute Gasteiger partial charge is 0.381 e. The first-order chi connectivity index (χ1) is 9.08. The van der Waals surface area contributed by atoms with Gasteiger partial charge in [0.2, 0.25) is 0 Å². The number of hydrogen-bond acceptors (Lipinski definition) is 1. The predicted octanol–water partition coefficient (Wildman–Crippen LogP) is 5.42. The van der Waals surface area contributed by atoms with Crippen LogP contribution in [0.5, 0.6) is 0 Å². The van der Waals surface area contributed by atoms with E-state index in [1.165, 1.54) is 17.7 Å². The van der Waals surface area contributed by atoms with E-state index in [4.69, 9.17) is 11.6 Å². The van der Waals surface area contributed by atoms with Gasteiger partial charge in [-0.3, -0.25) is 0 Å². The van der Waals surface area contributed by atoms with Crippen molar-refractivity contribution in [2.45, 2.75) is 19.9 Å². The molecule has 0 aliphatic rings. The van der Waals surface area contributed by atoms with Crippen molar-refractivity contribution in [2.24, 2.45) is 0 Å². The van der Waals surface area contributed by atoms with E-state index in [0.29, 0.717) is 11.6 Å². The molecule has 0 unspecified atom stereocenters. The van der Waals surface area contributed by atoms with Crippen molar-refractivity contribution in [2.75, 3.05) is 5.32 Å². The standard InChI is InChI=1S/C15H14BrClFN/c1-2-11-7-12(16)3-4-15(11)19-9-10-5-13(17)8-14(18)6-10/h3-8,19H,2,9H2,1H3. The average molecular weight is 343 g/mol. The van der Waals surface area contributed by atoms with E-state index in [1.54, 1.807) is 6.07 Å². The van der Waals surface area contributed by atoms with Crippen molar-refractivity contribution < 1.29 is 4.39 Å². The molecule has 0 spiro atoms. The number of aryl methyl sites for hydroxylation is 1. The highest BCUT2D eigenvalue weighted by molar-refractivity contribution is 9.10. The zero-order valence-corrected chi connectivity index (χ0v) is 12.9. The summed E-state index contributed by atoms with van der Waals surface area (Å²) in [5, 5.41) is 3.74. The molecule has 2 rings (SSSR count). The Labute approximate surface area is 125 Å². The number of halogens is 3. The van der Waals surface area contributed by atoms with Crippen molar-refractivity contribution in [1.29, 1.82) is 0 Å². The Morgan fingerprint density at radius 3 is 2.68 bits per heavy atom. The fourth-order valence-electron chi connectivity index (χ4n) is 1.94. The van der Waals surface area contributed by atoms with E-state index in [0.717, 1.165) is 22.1 Å². The topological polar surface area (TPSA) is 12.0 Å². The molecule has 100 valence electrons. The highest BCUT2D eigenvalue weighted by Crippen LogP contribution is 2.23. The molecule has 19 heavy (non-hydrogen) atoms. The zero-order chi connectivity index (χ0) is 13.8. The maximum absolute atomic E-state index is 13.2. The number of benzene rings is 2. The molecule has 0 bridgehead atoms. The minimum atomic E-state index is -0.309. The van der Waals surface area contributed by atoms with E-state index in [9.17, 15) is 4.39 Å². The zero-order valence-electron chi connectivity index (χ0n) is 10.5. The Morgan fingerprint density at radius 1 is 1.21 bits per heavy atom. The van der Waals surface area contributed by atoms with Crippen molar-refractivity contribution in [3.63, 3.8) is 0 Å². The molecule has 0 amide bonds. The molecule has 2 aromatic rings. The summed E-state index contributed by atoms with van der Waals surface area (Å²) < 4.78 is 14.3. The van der Waals surface area contributed by atoms with Crippen LogP contribution in [0.4, 0.5) is 10.1 Å². The normalized spacial score (nSPS) is 10.5. The van der Waals surface area contributed by atoms with Gasteiger partial charge in [0.15, 0.2) is 0 Å². The van der Waals surface area contributed by atoms with Gasteiger partial charge in [-0.25, -0.2) is 4.39 Å². The van der Waals surface area contributed by atoms with Gasteiger partial charge >= 0.3 is 0 Å². The van der Waals surface area contributed by atoms with Crippen LogP contribution in [-0.4, -0.2) is 0 Å². The minimum Gasteiger partial charge on any atom is -0.381 e. The Morgan fingerprint density at radius 2 is 2.00 bits per heavy atom. The van der Waals surface area contributed by atoms with Gasteiger partial charge in [0, 0.05) is 21.7 Å². The summed E-state index contributed by atoms with van der Waals surface area (Å²) in [7, 11) is 0. The van der Waals surface area contributed by atoms with Gasteiger partial charge in [-0.2, -0.15) is 0 Å². The van der Waals surface area contributed by atoms with Crippen molar-refractivity contribution in [1.82, 2.24) is 0 Å². The van der Waals surface area contributed by atoms with Gasteiger partial charge < -0.3 is 5.32 Å². The number of rotatable bonds is 4. The summed E-state index contributed by atoms with van der Waals surface area (Å²) >= 11 is 9.29. The third kappa shape index (κ3) is 3.95. The Balaban J connectivity index is 2.14. The first-order valence-corrected chi connectivity index (χ1v) is 7.23. The van der Waals surface area contributed by atoms with Gasteiger partial charge in [-0.15, -0.1) is 0 Å². The predicted molar refractivity (Wildman–Crippen MR) is 82.3 cm³/mol. The quantitative estimate of drug-likeness (QED) is 0.782. The van der Waals surface area contributed by atoms with Crippen LogP contribution in [0.2, 0.25) is 5.02 Å². The molecule has 1 N–H and O–H groups in total. The monoisotopic (exact) mass is 341 g/mol. The molecule has 2 aromatic carbocycles. The molecule has 0 saturated carbocycles. The molecule has 0 saturated heterocycles. The summed E-state index contributed by atoms with van der Waals surface area (Å²) in [6.45, 7) is 2.65. The maximum atomic E-state index is 13.2. The lowest BCUT2D eigenvalue weighted by Crippen LogP contribution is -2.02. The van der Waals surface area contributed by atoms with Gasteiger partial charge in [0.1, 0.15) is 5.82 Å². The first-order valence-electron chi connectivity index (χ1n) is 6.05. The van der Waals surface area contributed by atoms with E-state index in [1.807, 2.05) is 12.1 Å². The van der Waals surface area contributed by atoms with Gasteiger partial charge in [0.25, 0.3) is 0 Å². The Bertz CT molecular complexity index is 566. The molecule has 0 atom stereocenters. The lowest BCUT2D eigenvalue weighted by Gasteiger charge is -2.12. The molecule has 0 fully saturated rings. The fraction of sp³-hybridized carbons (Fsp3) is 0.200. The molecule has 4 heteroatoms. The van der Waals surface area contributed by atoms with Gasteiger partial charge in [-0.05, 0) is 53.9 Å². The third-order valence-corrected chi connectivity index (χ3v) is 3.56. The number of hydrogen-bond donors (Lipinski definition) is 1. The molecule has 0 aliphatic heterocycles. The van der Waals surface area contributed by atoms with Crippen molar-refractivity contribution in [3.8, 4) is 0 Å². The lowest BCUT2D eigenvalue weighted by atomic mass is 10.1. The minimum absolute atomic E-state index is 0.309. The summed E-state index contributed by atoms with van der Waals surface area (Å²) in [6, 6.07) is 10.7. The fourth-order valence-corrected chi connectivity index (χ4v) is 2.59. The van der Waals surface area contributed by atoms with E-state index < -0.39 is 0 Å². The van der Waals surface area contributed by atoms with Crippen LogP contribution in [0.15, 0.2) is 40.9 Å². The summed E-state index contributed by atoms with van der Waals surface area (Å²) in [5.41, 5.74) is 3.11. The van der Waals surface area contributed by atoms with E-state index in [2.05, 4.69) is 34.2 Å². The Kier molecular flexibility index (Phi) is 4.83. The smallest absolute Gasteiger partial charge is 0.125 e. The van der Waals surface area contributed by atoms with Gasteiger partial charge in [0.05, 0.1) is 0 Å². The summed E-state index contributed by atoms with van der Waals surface area (Å²) in [6.07, 6.45) is 0.936. The second-order valence-corrected chi connectivity index (χ2v) is 5.64. The number of nitrogens with one attached hydrogen (secondary N) is 1. The van der Waals surface area contributed by atoms with Crippen molar-refractivity contribution in [3.05, 3.63) is 62.8 Å². The summed E-state index contributed by atoms with van der Waals surface area (Å²) in [4.78, 5) is 0. The molecule has 0 aromatic heterocycles. The SMILES string of the molecule is CCc1cc(Br)ccc1NCc1cc(F)cc(Cl)c1. The number of anilines is 1. The maximum Gasteiger partial charge on any atom is 0.125 e. The second-order valence-electron chi connectivity index (χ2n) is 4.29. The Hall–Kier alpha value is -1.06. The van der Waals surface area contributed by atoms with Crippen LogP contribution in [0.25, 0.3) is 0 Å². The molecular weight excluding hydrogens is 329 g/mol. The molecular formula is C15H14BrClFN. The highest BCUT2D eigenvalue weighted by Gasteiger charge is 2.03. The van der Waals surface area contributed by atoms with Crippen molar-refractivity contribution >= 4 is 33.2 Å². The van der Waals surface area contributed by atoms with Crippen LogP contribution in [0.1, 0.15) is 18.1 Å². The highest BCUT2D eigenvalue weighted by atomic mass is 79.9. The molecule has 1 nitrogen and oxygen atoms in total. The average Bonchev–Trinajstić information content (AvgIpc) is 2.36. The lowest BCUT2D eigenvalue weighted by molar-refractivity contribution is 0.626. The van der Waals surface area contributed by atoms with Crippen LogP contribution in [-0.2, 0) is 13.0 Å². The second kappa shape index (κ2) is 6.40. The molecule has 0 aliphatic carbocycles. The summed E-state index contributed by atoms with van der Waals surface area (Å²) in [5.74, 6) is -0.309. The van der Waals surface area contributed by atoms with Crippen LogP contribution in [0.3, 0.4) is 0 Å². The van der Waals surface area contributed by atoms with Crippen LogP contribution >= 0.6 is 27.5 Å². The van der Waals surface area contributed by atoms with E-state index >= 15 is 0 Å². The van der Waals surface area contributed by atoms with Crippen LogP contribution in [0, 0.1) is 5.82 Å². The van der Waals surface area contributed by atoms with Crippen LogP contribution < -0.4 is 5.32 Å². The van der Waals surface area contributed by atoms with E-state index in [-0.39, 0.29) is 5.82 Å². The molecule has 0 heterocycles. The molecule has 0 radical (unpaired) electrons. The first kappa shape index (κ1) is 14.4. The van der Waals surface area contributed by atoms with Gasteiger partial charge in [-0.1, -0.05) is 34.5 Å². The third-order valence-electron chi connectivity index (χ3n) is 2.85.